The summed E-state index contributed by atoms with van der Waals surface area (Å²) >= 11 is 0. The fraction of sp³-hybridized carbons (Fsp3) is 0.625. The van der Waals surface area contributed by atoms with E-state index in [0.29, 0.717) is 0 Å². The van der Waals surface area contributed by atoms with E-state index >= 15 is 0 Å². The number of nitrogens with zero attached hydrogens (tertiary/aromatic N) is 2. The molecule has 1 aromatic rings. The van der Waals surface area contributed by atoms with E-state index in [9.17, 15) is 0 Å². The standard InChI is InChI=1S/C16H26N2O2/c1-3-20-12-11-17-7-9-18(10-8-17)14-15-5-4-6-16(13-15)19-2/h4-6,13H,3,7-12,14H2,1-2H3. The summed E-state index contributed by atoms with van der Waals surface area (Å²) in [7, 11) is 1.72. The summed E-state index contributed by atoms with van der Waals surface area (Å²) < 4.78 is 10.7. The van der Waals surface area contributed by atoms with Crippen molar-refractivity contribution in [2.24, 2.45) is 0 Å². The zero-order valence-corrected chi connectivity index (χ0v) is 12.7. The molecule has 0 aliphatic carbocycles. The van der Waals surface area contributed by atoms with E-state index in [1.165, 1.54) is 5.56 Å². The van der Waals surface area contributed by atoms with Crippen molar-refractivity contribution in [2.45, 2.75) is 13.5 Å². The first kappa shape index (κ1) is 15.3. The van der Waals surface area contributed by atoms with E-state index in [1.807, 2.05) is 13.0 Å². The number of hydrogen-bond donors (Lipinski definition) is 0. The Hall–Kier alpha value is -1.10. The molecule has 112 valence electrons. The molecule has 0 amide bonds. The average molecular weight is 278 g/mol. The Kier molecular flexibility index (Phi) is 6.30. The van der Waals surface area contributed by atoms with Crippen LogP contribution in [0.25, 0.3) is 0 Å². The fourth-order valence-corrected chi connectivity index (χ4v) is 2.54. The molecule has 1 heterocycles. The molecular formula is C16H26N2O2. The van der Waals surface area contributed by atoms with Crippen LogP contribution in [-0.4, -0.2) is 62.8 Å². The lowest BCUT2D eigenvalue weighted by atomic mass is 10.2. The summed E-state index contributed by atoms with van der Waals surface area (Å²) in [6.45, 7) is 10.3. The minimum absolute atomic E-state index is 0.815. The van der Waals surface area contributed by atoms with Gasteiger partial charge in [0.15, 0.2) is 0 Å². The Morgan fingerprint density at radius 1 is 1.10 bits per heavy atom. The molecule has 0 saturated carbocycles. The lowest BCUT2D eigenvalue weighted by Crippen LogP contribution is -2.46. The molecule has 1 saturated heterocycles. The normalized spacial score (nSPS) is 17.3. The van der Waals surface area contributed by atoms with Crippen molar-refractivity contribution in [2.75, 3.05) is 53.0 Å². The SMILES string of the molecule is CCOCCN1CCN(Cc2cccc(OC)c2)CC1. The summed E-state index contributed by atoms with van der Waals surface area (Å²) in [4.78, 5) is 4.99. The van der Waals surface area contributed by atoms with Crippen LogP contribution in [0.4, 0.5) is 0 Å². The van der Waals surface area contributed by atoms with E-state index in [-0.39, 0.29) is 0 Å². The second-order valence-corrected chi connectivity index (χ2v) is 5.17. The van der Waals surface area contributed by atoms with Crippen LogP contribution in [0, 0.1) is 0 Å². The van der Waals surface area contributed by atoms with Gasteiger partial charge in [-0.2, -0.15) is 0 Å². The third kappa shape index (κ3) is 4.78. The number of rotatable bonds is 7. The molecule has 0 atom stereocenters. The van der Waals surface area contributed by atoms with Gasteiger partial charge < -0.3 is 9.47 Å². The molecule has 1 aromatic carbocycles. The van der Waals surface area contributed by atoms with Crippen LogP contribution in [0.15, 0.2) is 24.3 Å². The first-order valence-corrected chi connectivity index (χ1v) is 7.47. The molecule has 0 bridgehead atoms. The number of ether oxygens (including phenoxy) is 2. The zero-order valence-electron chi connectivity index (χ0n) is 12.7. The van der Waals surface area contributed by atoms with E-state index in [4.69, 9.17) is 9.47 Å². The van der Waals surface area contributed by atoms with Crippen LogP contribution in [0.1, 0.15) is 12.5 Å². The van der Waals surface area contributed by atoms with Crippen LogP contribution in [0.5, 0.6) is 5.75 Å². The number of benzene rings is 1. The molecule has 0 N–H and O–H groups in total. The van der Waals surface area contributed by atoms with Crippen molar-refractivity contribution in [3.05, 3.63) is 29.8 Å². The second kappa shape index (κ2) is 8.25. The Bertz CT molecular complexity index is 390. The first-order valence-electron chi connectivity index (χ1n) is 7.47. The van der Waals surface area contributed by atoms with Gasteiger partial charge in [0.1, 0.15) is 5.75 Å². The molecule has 1 aliphatic rings. The maximum atomic E-state index is 5.42. The predicted octanol–water partition coefficient (Wildman–Crippen LogP) is 1.85. The largest absolute Gasteiger partial charge is 0.497 e. The third-order valence-electron chi connectivity index (χ3n) is 3.76. The summed E-state index contributed by atoms with van der Waals surface area (Å²) in [6.07, 6.45) is 0. The molecule has 1 fully saturated rings. The highest BCUT2D eigenvalue weighted by Crippen LogP contribution is 2.15. The molecule has 4 nitrogen and oxygen atoms in total. The van der Waals surface area contributed by atoms with E-state index < -0.39 is 0 Å². The van der Waals surface area contributed by atoms with Crippen molar-refractivity contribution in [1.82, 2.24) is 9.80 Å². The minimum atomic E-state index is 0.815. The highest BCUT2D eigenvalue weighted by atomic mass is 16.5. The van der Waals surface area contributed by atoms with Gasteiger partial charge in [-0.3, -0.25) is 9.80 Å². The quantitative estimate of drug-likeness (QED) is 0.711. The van der Waals surface area contributed by atoms with Gasteiger partial charge in [-0.15, -0.1) is 0 Å². The van der Waals surface area contributed by atoms with Crippen LogP contribution in [-0.2, 0) is 11.3 Å². The zero-order chi connectivity index (χ0) is 14.2. The minimum Gasteiger partial charge on any atom is -0.497 e. The van der Waals surface area contributed by atoms with Crippen LogP contribution in [0.2, 0.25) is 0 Å². The van der Waals surface area contributed by atoms with Gasteiger partial charge in [-0.1, -0.05) is 12.1 Å². The topological polar surface area (TPSA) is 24.9 Å². The second-order valence-electron chi connectivity index (χ2n) is 5.17. The first-order chi connectivity index (χ1) is 9.81. The van der Waals surface area contributed by atoms with Crippen molar-refractivity contribution in [3.63, 3.8) is 0 Å². The molecule has 0 spiro atoms. The number of hydrogen-bond acceptors (Lipinski definition) is 4. The van der Waals surface area contributed by atoms with Crippen molar-refractivity contribution in [3.8, 4) is 5.75 Å². The fourth-order valence-electron chi connectivity index (χ4n) is 2.54. The smallest absolute Gasteiger partial charge is 0.119 e. The third-order valence-corrected chi connectivity index (χ3v) is 3.76. The summed E-state index contributed by atoms with van der Waals surface area (Å²) in [5, 5.41) is 0. The van der Waals surface area contributed by atoms with Gasteiger partial charge in [0, 0.05) is 45.9 Å². The van der Waals surface area contributed by atoms with Crippen molar-refractivity contribution in [1.29, 1.82) is 0 Å². The molecular weight excluding hydrogens is 252 g/mol. The van der Waals surface area contributed by atoms with Crippen molar-refractivity contribution >= 4 is 0 Å². The Morgan fingerprint density at radius 3 is 2.55 bits per heavy atom. The van der Waals surface area contributed by atoms with Gasteiger partial charge >= 0.3 is 0 Å². The highest BCUT2D eigenvalue weighted by molar-refractivity contribution is 5.28. The molecule has 20 heavy (non-hydrogen) atoms. The average Bonchev–Trinajstić information content (AvgIpc) is 2.49. The Morgan fingerprint density at radius 2 is 1.85 bits per heavy atom. The maximum Gasteiger partial charge on any atom is 0.119 e. The molecule has 1 aliphatic heterocycles. The molecule has 0 unspecified atom stereocenters. The lowest BCUT2D eigenvalue weighted by molar-refractivity contribution is 0.0786. The number of methoxy groups -OCH3 is 1. The van der Waals surface area contributed by atoms with E-state index in [2.05, 4.69) is 28.0 Å². The lowest BCUT2D eigenvalue weighted by Gasteiger charge is -2.34. The van der Waals surface area contributed by atoms with Gasteiger partial charge in [-0.25, -0.2) is 0 Å². The highest BCUT2D eigenvalue weighted by Gasteiger charge is 2.16. The molecule has 0 radical (unpaired) electrons. The monoisotopic (exact) mass is 278 g/mol. The summed E-state index contributed by atoms with van der Waals surface area (Å²) in [6, 6.07) is 8.35. The number of piperazine rings is 1. The van der Waals surface area contributed by atoms with Crippen LogP contribution < -0.4 is 4.74 Å². The van der Waals surface area contributed by atoms with Gasteiger partial charge in [0.25, 0.3) is 0 Å². The Balaban J connectivity index is 1.73. The molecule has 0 aromatic heterocycles. The summed E-state index contributed by atoms with van der Waals surface area (Å²) in [5.41, 5.74) is 1.33. The van der Waals surface area contributed by atoms with E-state index in [0.717, 1.165) is 58.2 Å². The molecule has 2 rings (SSSR count). The van der Waals surface area contributed by atoms with Gasteiger partial charge in [-0.05, 0) is 24.6 Å². The Labute approximate surface area is 122 Å². The predicted molar refractivity (Wildman–Crippen MR) is 81.2 cm³/mol. The van der Waals surface area contributed by atoms with Crippen LogP contribution in [0.3, 0.4) is 0 Å². The maximum absolute atomic E-state index is 5.42. The van der Waals surface area contributed by atoms with Gasteiger partial charge in [0.05, 0.1) is 13.7 Å². The summed E-state index contributed by atoms with van der Waals surface area (Å²) in [5.74, 6) is 0.942. The molecule has 4 heteroatoms. The van der Waals surface area contributed by atoms with Crippen LogP contribution >= 0.6 is 0 Å². The van der Waals surface area contributed by atoms with Gasteiger partial charge in [0.2, 0.25) is 0 Å². The van der Waals surface area contributed by atoms with Crippen molar-refractivity contribution < 1.29 is 9.47 Å². The van der Waals surface area contributed by atoms with E-state index in [1.54, 1.807) is 7.11 Å².